The van der Waals surface area contributed by atoms with Gasteiger partial charge in [-0.05, 0) is 33.2 Å². The molecule has 23 heavy (non-hydrogen) atoms. The first kappa shape index (κ1) is 16.1. The molecule has 1 aliphatic heterocycles. The quantitative estimate of drug-likeness (QED) is 0.928. The van der Waals surface area contributed by atoms with Crippen molar-refractivity contribution < 1.29 is 4.79 Å². The van der Waals surface area contributed by atoms with Crippen LogP contribution in [0.1, 0.15) is 38.9 Å². The molecule has 0 bridgehead atoms. The molecule has 1 unspecified atom stereocenters. The molecule has 0 saturated carbocycles. The second kappa shape index (κ2) is 6.80. The first-order valence-corrected chi connectivity index (χ1v) is 8.77. The summed E-state index contributed by atoms with van der Waals surface area (Å²) in [6.07, 6.45) is 5.52. The topological polar surface area (TPSA) is 63.1 Å². The number of likely N-dealkylation sites (tertiary alicyclic amines) is 1. The summed E-state index contributed by atoms with van der Waals surface area (Å²) in [5.74, 6) is -0.0812. The Labute approximate surface area is 140 Å². The van der Waals surface area contributed by atoms with Gasteiger partial charge in [0.1, 0.15) is 5.69 Å². The number of hydrogen-bond acceptors (Lipinski definition) is 5. The Morgan fingerprint density at radius 3 is 2.96 bits per heavy atom. The molecular weight excluding hydrogens is 310 g/mol. The highest BCUT2D eigenvalue weighted by atomic mass is 32.1. The molecule has 6 nitrogen and oxygen atoms in total. The number of rotatable bonds is 4. The Morgan fingerprint density at radius 1 is 1.48 bits per heavy atom. The first-order valence-electron chi connectivity index (χ1n) is 7.95. The van der Waals surface area contributed by atoms with Crippen LogP contribution >= 0.6 is 11.3 Å². The molecule has 0 radical (unpaired) electrons. The van der Waals surface area contributed by atoms with Crippen molar-refractivity contribution in [2.24, 2.45) is 7.05 Å². The molecular formula is C16H23N5OS. The molecule has 3 heterocycles. The zero-order valence-electron chi connectivity index (χ0n) is 13.9. The van der Waals surface area contributed by atoms with E-state index in [9.17, 15) is 4.79 Å². The Morgan fingerprint density at radius 2 is 2.30 bits per heavy atom. The summed E-state index contributed by atoms with van der Waals surface area (Å²) in [6.45, 7) is 7.00. The number of nitrogens with one attached hydrogen (secondary N) is 1. The molecule has 1 atom stereocenters. The number of nitrogens with zero attached hydrogens (tertiary/aromatic N) is 4. The normalized spacial score (nSPS) is 19.0. The molecule has 1 N–H and O–H groups in total. The van der Waals surface area contributed by atoms with Gasteiger partial charge in [-0.2, -0.15) is 0 Å². The SMILES string of the molecule is Cc1nc(C)c(CN2CCCC(NC(=O)c3cn(C)cn3)C2)s1. The van der Waals surface area contributed by atoms with Crippen molar-refractivity contribution in [2.45, 2.75) is 39.3 Å². The molecule has 1 saturated heterocycles. The Bertz CT molecular complexity index is 692. The van der Waals surface area contributed by atoms with Gasteiger partial charge in [0.15, 0.2) is 0 Å². The number of thiazole rings is 1. The summed E-state index contributed by atoms with van der Waals surface area (Å²) in [5, 5.41) is 4.24. The van der Waals surface area contributed by atoms with Crippen LogP contribution < -0.4 is 5.32 Å². The van der Waals surface area contributed by atoms with Gasteiger partial charge in [-0.1, -0.05) is 0 Å². The molecule has 7 heteroatoms. The summed E-state index contributed by atoms with van der Waals surface area (Å²) in [4.78, 5) is 24.6. The number of imidazole rings is 1. The van der Waals surface area contributed by atoms with E-state index >= 15 is 0 Å². The van der Waals surface area contributed by atoms with Crippen LogP contribution in [0, 0.1) is 13.8 Å². The van der Waals surface area contributed by atoms with Gasteiger partial charge in [-0.3, -0.25) is 9.69 Å². The maximum Gasteiger partial charge on any atom is 0.271 e. The van der Waals surface area contributed by atoms with Crippen LogP contribution in [0.2, 0.25) is 0 Å². The lowest BCUT2D eigenvalue weighted by atomic mass is 10.1. The highest BCUT2D eigenvalue weighted by molar-refractivity contribution is 7.11. The maximum absolute atomic E-state index is 12.2. The maximum atomic E-state index is 12.2. The average Bonchev–Trinajstić information content (AvgIpc) is 3.05. The van der Waals surface area contributed by atoms with Crippen molar-refractivity contribution in [2.75, 3.05) is 13.1 Å². The van der Waals surface area contributed by atoms with Gasteiger partial charge in [-0.25, -0.2) is 9.97 Å². The zero-order chi connectivity index (χ0) is 16.4. The molecule has 2 aromatic rings. The molecule has 0 aromatic carbocycles. The molecule has 1 fully saturated rings. The van der Waals surface area contributed by atoms with Crippen molar-refractivity contribution in [3.8, 4) is 0 Å². The number of hydrogen-bond donors (Lipinski definition) is 1. The number of carbonyl (C=O) groups excluding carboxylic acids is 1. The highest BCUT2D eigenvalue weighted by Gasteiger charge is 2.23. The molecule has 2 aromatic heterocycles. The Kier molecular flexibility index (Phi) is 4.77. The fraction of sp³-hybridized carbons (Fsp3) is 0.562. The summed E-state index contributed by atoms with van der Waals surface area (Å²) in [7, 11) is 1.87. The largest absolute Gasteiger partial charge is 0.347 e. The minimum absolute atomic E-state index is 0.0812. The third-order valence-corrected chi connectivity index (χ3v) is 5.20. The average molecular weight is 333 g/mol. The molecule has 0 aliphatic carbocycles. The number of aryl methyl sites for hydroxylation is 3. The molecule has 0 spiro atoms. The third kappa shape index (κ3) is 3.97. The second-order valence-corrected chi connectivity index (χ2v) is 7.50. The lowest BCUT2D eigenvalue weighted by Gasteiger charge is -2.32. The monoisotopic (exact) mass is 333 g/mol. The van der Waals surface area contributed by atoms with Crippen LogP contribution in [0.5, 0.6) is 0 Å². The van der Waals surface area contributed by atoms with E-state index in [2.05, 4.69) is 27.1 Å². The summed E-state index contributed by atoms with van der Waals surface area (Å²) >= 11 is 1.77. The summed E-state index contributed by atoms with van der Waals surface area (Å²) in [6, 6.07) is 0.188. The third-order valence-electron chi connectivity index (χ3n) is 4.15. The number of carbonyl (C=O) groups is 1. The van der Waals surface area contributed by atoms with Gasteiger partial charge in [0.2, 0.25) is 0 Å². The van der Waals surface area contributed by atoms with E-state index in [1.165, 1.54) is 4.88 Å². The Balaban J connectivity index is 1.57. The van der Waals surface area contributed by atoms with Crippen LogP contribution in [0.3, 0.4) is 0 Å². The fourth-order valence-electron chi connectivity index (χ4n) is 3.03. The Hall–Kier alpha value is -1.73. The van der Waals surface area contributed by atoms with E-state index in [0.717, 1.165) is 43.2 Å². The van der Waals surface area contributed by atoms with E-state index in [1.807, 2.05) is 14.0 Å². The van der Waals surface area contributed by atoms with Crippen molar-refractivity contribution in [3.05, 3.63) is 33.8 Å². The van der Waals surface area contributed by atoms with Crippen molar-refractivity contribution >= 4 is 17.2 Å². The zero-order valence-corrected chi connectivity index (χ0v) is 14.7. The highest BCUT2D eigenvalue weighted by Crippen LogP contribution is 2.21. The van der Waals surface area contributed by atoms with Gasteiger partial charge < -0.3 is 9.88 Å². The lowest BCUT2D eigenvalue weighted by molar-refractivity contribution is 0.0896. The minimum atomic E-state index is -0.0812. The predicted octanol–water partition coefficient (Wildman–Crippen LogP) is 1.89. The first-order chi connectivity index (χ1) is 11.0. The lowest BCUT2D eigenvalue weighted by Crippen LogP contribution is -2.47. The van der Waals surface area contributed by atoms with Crippen LogP contribution in [-0.2, 0) is 13.6 Å². The minimum Gasteiger partial charge on any atom is -0.347 e. The van der Waals surface area contributed by atoms with E-state index in [4.69, 9.17) is 0 Å². The van der Waals surface area contributed by atoms with Gasteiger partial charge in [-0.15, -0.1) is 11.3 Å². The number of amides is 1. The smallest absolute Gasteiger partial charge is 0.271 e. The van der Waals surface area contributed by atoms with Crippen LogP contribution in [0.4, 0.5) is 0 Å². The van der Waals surface area contributed by atoms with Gasteiger partial charge in [0, 0.05) is 37.3 Å². The van der Waals surface area contributed by atoms with E-state index < -0.39 is 0 Å². The van der Waals surface area contributed by atoms with Crippen molar-refractivity contribution in [1.82, 2.24) is 24.8 Å². The van der Waals surface area contributed by atoms with Crippen molar-refractivity contribution in [3.63, 3.8) is 0 Å². The summed E-state index contributed by atoms with van der Waals surface area (Å²) < 4.78 is 1.79. The van der Waals surface area contributed by atoms with Gasteiger partial charge >= 0.3 is 0 Å². The predicted molar refractivity (Wildman–Crippen MR) is 90.6 cm³/mol. The number of aromatic nitrogens is 3. The number of piperidine rings is 1. The second-order valence-electron chi connectivity index (χ2n) is 6.21. The van der Waals surface area contributed by atoms with E-state index in [-0.39, 0.29) is 11.9 Å². The molecule has 1 aliphatic rings. The molecule has 124 valence electrons. The standard InChI is InChI=1S/C16H23N5OS/c1-11-15(23-12(2)18-11)9-21-6-4-5-13(7-21)19-16(22)14-8-20(3)10-17-14/h8,10,13H,4-7,9H2,1-3H3,(H,19,22). The van der Waals surface area contributed by atoms with Gasteiger partial charge in [0.25, 0.3) is 5.91 Å². The van der Waals surface area contributed by atoms with Gasteiger partial charge in [0.05, 0.1) is 17.0 Å². The summed E-state index contributed by atoms with van der Waals surface area (Å²) in [5.41, 5.74) is 1.62. The van der Waals surface area contributed by atoms with Crippen LogP contribution in [-0.4, -0.2) is 44.5 Å². The van der Waals surface area contributed by atoms with E-state index in [1.54, 1.807) is 28.4 Å². The molecule has 1 amide bonds. The molecule has 3 rings (SSSR count). The fourth-order valence-corrected chi connectivity index (χ4v) is 4.01. The van der Waals surface area contributed by atoms with Crippen molar-refractivity contribution in [1.29, 1.82) is 0 Å². The van der Waals surface area contributed by atoms with Crippen LogP contribution in [0.15, 0.2) is 12.5 Å². The van der Waals surface area contributed by atoms with Crippen LogP contribution in [0.25, 0.3) is 0 Å². The van der Waals surface area contributed by atoms with E-state index in [0.29, 0.717) is 5.69 Å².